The predicted molar refractivity (Wildman–Crippen MR) is 121 cm³/mol. The van der Waals surface area contributed by atoms with Crippen LogP contribution in [-0.2, 0) is 0 Å². The van der Waals surface area contributed by atoms with Gasteiger partial charge >= 0.3 is 6.03 Å². The molecule has 0 saturated carbocycles. The molecule has 2 aromatic rings. The van der Waals surface area contributed by atoms with E-state index in [-0.39, 0.29) is 6.03 Å². The molecule has 1 heterocycles. The van der Waals surface area contributed by atoms with Crippen LogP contribution in [0.25, 0.3) is 0 Å². The van der Waals surface area contributed by atoms with Crippen LogP contribution >= 0.6 is 11.8 Å². The van der Waals surface area contributed by atoms with E-state index in [9.17, 15) is 4.79 Å². The predicted octanol–water partition coefficient (Wildman–Crippen LogP) is 4.81. The summed E-state index contributed by atoms with van der Waals surface area (Å²) < 4.78 is 0. The fourth-order valence-electron chi connectivity index (χ4n) is 3.31. The van der Waals surface area contributed by atoms with Crippen molar-refractivity contribution in [2.45, 2.75) is 57.1 Å². The molecule has 0 spiro atoms. The second-order valence-corrected chi connectivity index (χ2v) is 8.49. The molecule has 2 N–H and O–H groups in total. The van der Waals surface area contributed by atoms with Crippen molar-refractivity contribution in [3.8, 4) is 0 Å². The Kier molecular flexibility index (Phi) is 9.41. The highest BCUT2D eigenvalue weighted by Gasteiger charge is 2.18. The van der Waals surface area contributed by atoms with Gasteiger partial charge in [0.25, 0.3) is 0 Å². The van der Waals surface area contributed by atoms with Gasteiger partial charge in [-0.3, -0.25) is 4.90 Å². The highest BCUT2D eigenvalue weighted by molar-refractivity contribution is 7.99. The van der Waals surface area contributed by atoms with E-state index in [4.69, 9.17) is 0 Å². The topological polar surface area (TPSA) is 70.2 Å². The normalized spacial score (nSPS) is 12.2. The summed E-state index contributed by atoms with van der Waals surface area (Å²) in [5.74, 6) is 0.589. The van der Waals surface area contributed by atoms with Crippen molar-refractivity contribution in [2.75, 3.05) is 25.0 Å². The smallest absolute Gasteiger partial charge is 0.319 e. The third-order valence-electron chi connectivity index (χ3n) is 4.77. The summed E-state index contributed by atoms with van der Waals surface area (Å²) >= 11 is 1.50. The lowest BCUT2D eigenvalue weighted by atomic mass is 10.0. The zero-order valence-electron chi connectivity index (χ0n) is 18.1. The summed E-state index contributed by atoms with van der Waals surface area (Å²) in [4.78, 5) is 24.4. The number of urea groups is 1. The van der Waals surface area contributed by atoms with Gasteiger partial charge in [0, 0.05) is 35.6 Å². The summed E-state index contributed by atoms with van der Waals surface area (Å²) in [6, 6.07) is 7.92. The van der Waals surface area contributed by atoms with Crippen molar-refractivity contribution >= 4 is 23.5 Å². The molecule has 1 aromatic carbocycles. The summed E-state index contributed by atoms with van der Waals surface area (Å²) in [6.07, 6.45) is 4.52. The minimum Gasteiger partial charge on any atom is -0.336 e. The van der Waals surface area contributed by atoms with Gasteiger partial charge in [-0.15, -0.1) is 0 Å². The molecule has 0 aliphatic heterocycles. The van der Waals surface area contributed by atoms with E-state index in [1.807, 2.05) is 25.1 Å². The van der Waals surface area contributed by atoms with E-state index < -0.39 is 0 Å². The van der Waals surface area contributed by atoms with Crippen LogP contribution in [0.5, 0.6) is 0 Å². The quantitative estimate of drug-likeness (QED) is 0.545. The Morgan fingerprint density at radius 1 is 1.17 bits per heavy atom. The summed E-state index contributed by atoms with van der Waals surface area (Å²) in [7, 11) is 0. The standard InChI is InChI=1S/C22H33N5OS/c1-6-27(7-2)18(13-16(3)4)15-25-21(28)26-20-10-9-19(14-17(20)5)29-22-23-11-8-12-24-22/h8-12,14,16,18H,6-7,13,15H2,1-5H3,(H2,25,26,28). The first-order valence-electron chi connectivity index (χ1n) is 10.3. The molecule has 0 aliphatic carbocycles. The van der Waals surface area contributed by atoms with Crippen LogP contribution in [0.4, 0.5) is 10.5 Å². The maximum Gasteiger partial charge on any atom is 0.319 e. The number of anilines is 1. The van der Waals surface area contributed by atoms with Crippen molar-refractivity contribution in [2.24, 2.45) is 5.92 Å². The largest absolute Gasteiger partial charge is 0.336 e. The Labute approximate surface area is 178 Å². The molecule has 6 nitrogen and oxygen atoms in total. The van der Waals surface area contributed by atoms with E-state index in [0.29, 0.717) is 23.7 Å². The summed E-state index contributed by atoms with van der Waals surface area (Å²) in [5.41, 5.74) is 1.81. The first-order valence-corrected chi connectivity index (χ1v) is 11.1. The first-order chi connectivity index (χ1) is 13.9. The van der Waals surface area contributed by atoms with E-state index in [0.717, 1.165) is 35.7 Å². The van der Waals surface area contributed by atoms with Gasteiger partial charge in [-0.25, -0.2) is 14.8 Å². The van der Waals surface area contributed by atoms with Crippen LogP contribution in [0, 0.1) is 12.8 Å². The second kappa shape index (κ2) is 11.8. The molecular weight excluding hydrogens is 382 g/mol. The number of nitrogens with one attached hydrogen (secondary N) is 2. The van der Waals surface area contributed by atoms with Gasteiger partial charge < -0.3 is 10.6 Å². The number of aryl methyl sites for hydroxylation is 1. The highest BCUT2D eigenvalue weighted by atomic mass is 32.2. The Morgan fingerprint density at radius 3 is 2.45 bits per heavy atom. The second-order valence-electron chi connectivity index (χ2n) is 7.45. The molecule has 1 unspecified atom stereocenters. The van der Waals surface area contributed by atoms with Crippen LogP contribution in [0.2, 0.25) is 0 Å². The molecule has 2 rings (SSSR count). The number of rotatable bonds is 10. The van der Waals surface area contributed by atoms with Crippen LogP contribution in [-0.4, -0.2) is 46.6 Å². The van der Waals surface area contributed by atoms with E-state index in [1.165, 1.54) is 11.8 Å². The molecule has 0 saturated heterocycles. The number of likely N-dealkylation sites (N-methyl/N-ethyl adjacent to an activating group) is 1. The molecule has 0 aliphatic rings. The Bertz CT molecular complexity index is 765. The van der Waals surface area contributed by atoms with Gasteiger partial charge in [-0.1, -0.05) is 27.7 Å². The maximum absolute atomic E-state index is 12.5. The van der Waals surface area contributed by atoms with Crippen LogP contribution in [0.15, 0.2) is 46.7 Å². The lowest BCUT2D eigenvalue weighted by Gasteiger charge is -2.31. The molecule has 0 radical (unpaired) electrons. The van der Waals surface area contributed by atoms with E-state index in [1.54, 1.807) is 18.5 Å². The average molecular weight is 416 g/mol. The van der Waals surface area contributed by atoms with Gasteiger partial charge in [0.05, 0.1) is 0 Å². The number of nitrogens with zero attached hydrogens (tertiary/aromatic N) is 3. The number of benzene rings is 1. The van der Waals surface area contributed by atoms with Gasteiger partial charge in [-0.2, -0.15) is 0 Å². The van der Waals surface area contributed by atoms with Crippen molar-refractivity contribution in [1.29, 1.82) is 0 Å². The van der Waals surface area contributed by atoms with Crippen LogP contribution < -0.4 is 10.6 Å². The van der Waals surface area contributed by atoms with Crippen molar-refractivity contribution < 1.29 is 4.79 Å². The third-order valence-corrected chi connectivity index (χ3v) is 5.65. The van der Waals surface area contributed by atoms with Gasteiger partial charge in [0.15, 0.2) is 5.16 Å². The minimum absolute atomic E-state index is 0.166. The third kappa shape index (κ3) is 7.66. The molecule has 0 bridgehead atoms. The Morgan fingerprint density at radius 2 is 1.86 bits per heavy atom. The monoisotopic (exact) mass is 415 g/mol. The summed E-state index contributed by atoms with van der Waals surface area (Å²) in [6.45, 7) is 13.4. The molecule has 0 fully saturated rings. The van der Waals surface area contributed by atoms with Crippen LogP contribution in [0.3, 0.4) is 0 Å². The van der Waals surface area contributed by atoms with Gasteiger partial charge in [-0.05, 0) is 73.9 Å². The van der Waals surface area contributed by atoms with E-state index in [2.05, 4.69) is 53.2 Å². The fourth-order valence-corrected chi connectivity index (χ4v) is 4.12. The van der Waals surface area contributed by atoms with E-state index >= 15 is 0 Å². The Hall–Kier alpha value is -2.12. The molecule has 158 valence electrons. The molecular formula is C22H33N5OS. The van der Waals surface area contributed by atoms with Gasteiger partial charge in [0.2, 0.25) is 0 Å². The number of hydrogen-bond donors (Lipinski definition) is 2. The molecule has 29 heavy (non-hydrogen) atoms. The van der Waals surface area contributed by atoms with Crippen molar-refractivity contribution in [3.63, 3.8) is 0 Å². The lowest BCUT2D eigenvalue weighted by Crippen LogP contribution is -2.45. The Balaban J connectivity index is 1.93. The minimum atomic E-state index is -0.166. The molecule has 7 heteroatoms. The number of hydrogen-bond acceptors (Lipinski definition) is 5. The average Bonchev–Trinajstić information content (AvgIpc) is 2.69. The summed E-state index contributed by atoms with van der Waals surface area (Å²) in [5, 5.41) is 6.73. The number of carbonyl (C=O) groups excluding carboxylic acids is 1. The number of amides is 2. The van der Waals surface area contributed by atoms with Gasteiger partial charge in [0.1, 0.15) is 0 Å². The number of aromatic nitrogens is 2. The lowest BCUT2D eigenvalue weighted by molar-refractivity contribution is 0.186. The molecule has 1 aromatic heterocycles. The van der Waals surface area contributed by atoms with Crippen LogP contribution in [0.1, 0.15) is 39.7 Å². The van der Waals surface area contributed by atoms with Crippen molar-refractivity contribution in [3.05, 3.63) is 42.2 Å². The zero-order valence-corrected chi connectivity index (χ0v) is 18.9. The first kappa shape index (κ1) is 23.2. The SMILES string of the molecule is CCN(CC)C(CNC(=O)Nc1ccc(Sc2ncccn2)cc1C)CC(C)C. The zero-order chi connectivity index (χ0) is 21.2. The highest BCUT2D eigenvalue weighted by Crippen LogP contribution is 2.27. The fraction of sp³-hybridized carbons (Fsp3) is 0.500. The maximum atomic E-state index is 12.5. The molecule has 2 amide bonds. The molecule has 1 atom stereocenters. The number of carbonyl (C=O) groups is 1. The van der Waals surface area contributed by atoms with Crippen molar-refractivity contribution in [1.82, 2.24) is 20.2 Å².